The van der Waals surface area contributed by atoms with Crippen LogP contribution in [0.3, 0.4) is 0 Å². The van der Waals surface area contributed by atoms with Crippen molar-refractivity contribution < 1.29 is 33.0 Å². The van der Waals surface area contributed by atoms with Crippen LogP contribution in [0.4, 0.5) is 19.3 Å². The number of halogens is 2. The van der Waals surface area contributed by atoms with Crippen LogP contribution in [-0.4, -0.2) is 21.5 Å². The highest BCUT2D eigenvalue weighted by Crippen LogP contribution is 2.38. The molecule has 1 atom stereocenters. The number of rotatable bonds is 8. The van der Waals surface area contributed by atoms with Gasteiger partial charge in [-0.15, -0.1) is 11.3 Å². The lowest BCUT2D eigenvalue weighted by atomic mass is 10.0. The van der Waals surface area contributed by atoms with Gasteiger partial charge in [-0.2, -0.15) is 4.37 Å². The number of nitrogens with zero attached hydrogens (tertiary/aromatic N) is 1. The third-order valence-corrected chi connectivity index (χ3v) is 8.03. The van der Waals surface area contributed by atoms with E-state index in [1.54, 1.807) is 38.1 Å². The summed E-state index contributed by atoms with van der Waals surface area (Å²) in [5.41, 5.74) is 3.54. The van der Waals surface area contributed by atoms with Crippen LogP contribution in [0.1, 0.15) is 34.0 Å². The number of aryl methyl sites for hydroxylation is 1. The lowest BCUT2D eigenvalue weighted by molar-refractivity contribution is 0.0699. The Morgan fingerprint density at radius 1 is 0.951 bits per heavy atom. The molecule has 2 N–H and O–H groups in total. The number of aromatic nitrogens is 1. The molecule has 0 saturated carbocycles. The standard InChI is InChI=1S/C30H22F2N2O5S2/c1-16-25(33-30(37)38-17(2)18-6-4-3-5-7-18)27(41-34-16)20-10-8-19(9-11-20)21-14-22(31)26(23(32)15-21)39-24-12-13-40-28(24)29(35)36/h3-15,17H,1-2H3,(H,33,37)(H,35,36). The van der Waals surface area contributed by atoms with E-state index >= 15 is 0 Å². The minimum absolute atomic E-state index is 0.139. The van der Waals surface area contributed by atoms with Gasteiger partial charge in [-0.1, -0.05) is 54.6 Å². The number of amides is 1. The minimum atomic E-state index is -1.25. The summed E-state index contributed by atoms with van der Waals surface area (Å²) in [6, 6.07) is 19.9. The van der Waals surface area contributed by atoms with E-state index in [1.807, 2.05) is 30.3 Å². The maximum Gasteiger partial charge on any atom is 0.412 e. The molecule has 0 aliphatic rings. The van der Waals surface area contributed by atoms with Crippen LogP contribution in [0.5, 0.6) is 11.5 Å². The van der Waals surface area contributed by atoms with Gasteiger partial charge < -0.3 is 14.6 Å². The monoisotopic (exact) mass is 592 g/mol. The molecule has 0 radical (unpaired) electrons. The zero-order valence-corrected chi connectivity index (χ0v) is 23.3. The molecule has 1 unspecified atom stereocenters. The number of carbonyl (C=O) groups excluding carboxylic acids is 1. The molecule has 2 aromatic heterocycles. The highest BCUT2D eigenvalue weighted by Gasteiger charge is 2.21. The van der Waals surface area contributed by atoms with E-state index in [2.05, 4.69) is 9.69 Å². The maximum atomic E-state index is 14.9. The van der Waals surface area contributed by atoms with Gasteiger partial charge in [0, 0.05) is 0 Å². The van der Waals surface area contributed by atoms with Gasteiger partial charge >= 0.3 is 12.1 Å². The van der Waals surface area contributed by atoms with Gasteiger partial charge in [0.05, 0.1) is 16.3 Å². The highest BCUT2D eigenvalue weighted by atomic mass is 32.1. The van der Waals surface area contributed by atoms with Crippen molar-refractivity contribution in [2.24, 2.45) is 0 Å². The Balaban J connectivity index is 1.33. The first-order valence-electron chi connectivity index (χ1n) is 12.3. The predicted molar refractivity (Wildman–Crippen MR) is 154 cm³/mol. The highest BCUT2D eigenvalue weighted by molar-refractivity contribution is 7.12. The van der Waals surface area contributed by atoms with Crippen molar-refractivity contribution in [2.45, 2.75) is 20.0 Å². The van der Waals surface area contributed by atoms with Crippen molar-refractivity contribution in [2.75, 3.05) is 5.32 Å². The molecule has 1 amide bonds. The van der Waals surface area contributed by atoms with E-state index in [9.17, 15) is 23.5 Å². The van der Waals surface area contributed by atoms with Crippen molar-refractivity contribution >= 4 is 40.6 Å². The van der Waals surface area contributed by atoms with Crippen LogP contribution >= 0.6 is 22.9 Å². The van der Waals surface area contributed by atoms with E-state index in [0.717, 1.165) is 34.6 Å². The largest absolute Gasteiger partial charge is 0.477 e. The lowest BCUT2D eigenvalue weighted by Crippen LogP contribution is -2.16. The Morgan fingerprint density at radius 2 is 1.61 bits per heavy atom. The number of hydrogen-bond donors (Lipinski definition) is 2. The van der Waals surface area contributed by atoms with Gasteiger partial charge in [-0.05, 0) is 71.2 Å². The molecule has 208 valence electrons. The second-order valence-corrected chi connectivity index (χ2v) is 10.6. The fourth-order valence-electron chi connectivity index (χ4n) is 4.08. The molecule has 0 bridgehead atoms. The molecule has 0 spiro atoms. The zero-order valence-electron chi connectivity index (χ0n) is 21.7. The van der Waals surface area contributed by atoms with Gasteiger partial charge in [0.2, 0.25) is 0 Å². The number of anilines is 1. The Bertz CT molecular complexity index is 1700. The van der Waals surface area contributed by atoms with Crippen molar-refractivity contribution in [3.8, 4) is 33.1 Å². The average molecular weight is 593 g/mol. The molecule has 41 heavy (non-hydrogen) atoms. The van der Waals surface area contributed by atoms with Crippen LogP contribution in [0.2, 0.25) is 0 Å². The third-order valence-electron chi connectivity index (χ3n) is 6.16. The number of hydrogen-bond acceptors (Lipinski definition) is 7. The quantitative estimate of drug-likeness (QED) is 0.187. The Kier molecular flexibility index (Phi) is 8.09. The van der Waals surface area contributed by atoms with E-state index < -0.39 is 35.6 Å². The summed E-state index contributed by atoms with van der Waals surface area (Å²) >= 11 is 2.09. The average Bonchev–Trinajstić information content (AvgIpc) is 3.58. The van der Waals surface area contributed by atoms with E-state index in [-0.39, 0.29) is 16.2 Å². The predicted octanol–water partition coefficient (Wildman–Crippen LogP) is 8.93. The van der Waals surface area contributed by atoms with Crippen LogP contribution in [0, 0.1) is 18.6 Å². The number of aromatic carboxylic acids is 1. The summed E-state index contributed by atoms with van der Waals surface area (Å²) in [5, 5.41) is 13.5. The SMILES string of the molecule is Cc1nsc(-c2ccc(-c3cc(F)c(Oc4ccsc4C(=O)O)c(F)c3)cc2)c1NC(=O)OC(C)c1ccccc1. The summed E-state index contributed by atoms with van der Waals surface area (Å²) in [7, 11) is 0. The number of thiophene rings is 1. The molecule has 0 saturated heterocycles. The molecule has 5 rings (SSSR count). The van der Waals surface area contributed by atoms with Gasteiger partial charge in [0.15, 0.2) is 28.0 Å². The fraction of sp³-hybridized carbons (Fsp3) is 0.100. The first-order chi connectivity index (χ1) is 19.7. The van der Waals surface area contributed by atoms with Gasteiger partial charge in [-0.3, -0.25) is 5.32 Å². The van der Waals surface area contributed by atoms with Crippen LogP contribution < -0.4 is 10.1 Å². The van der Waals surface area contributed by atoms with Crippen molar-refractivity contribution in [1.82, 2.24) is 4.37 Å². The smallest absolute Gasteiger partial charge is 0.412 e. The summed E-state index contributed by atoms with van der Waals surface area (Å²) in [4.78, 5) is 24.5. The first-order valence-corrected chi connectivity index (χ1v) is 13.9. The van der Waals surface area contributed by atoms with Crippen molar-refractivity contribution in [1.29, 1.82) is 0 Å². The molecular weight excluding hydrogens is 570 g/mol. The number of ether oxygens (including phenoxy) is 2. The normalized spacial score (nSPS) is 11.6. The van der Waals surface area contributed by atoms with Crippen LogP contribution in [0.15, 0.2) is 78.2 Å². The third kappa shape index (κ3) is 6.11. The number of carboxylic acids is 1. The zero-order chi connectivity index (χ0) is 29.1. The topological polar surface area (TPSA) is 97.8 Å². The first kappa shape index (κ1) is 27.9. The lowest BCUT2D eigenvalue weighted by Gasteiger charge is -2.15. The van der Waals surface area contributed by atoms with Crippen LogP contribution in [-0.2, 0) is 4.74 Å². The van der Waals surface area contributed by atoms with Gasteiger partial charge in [0.1, 0.15) is 6.10 Å². The van der Waals surface area contributed by atoms with Gasteiger partial charge in [0.25, 0.3) is 0 Å². The second-order valence-electron chi connectivity index (χ2n) is 8.92. The van der Waals surface area contributed by atoms with E-state index in [0.29, 0.717) is 21.8 Å². The summed E-state index contributed by atoms with van der Waals surface area (Å²) in [5.74, 6) is -4.02. The molecule has 11 heteroatoms. The number of benzene rings is 3. The van der Waals surface area contributed by atoms with Crippen LogP contribution in [0.25, 0.3) is 21.6 Å². The Hall–Kier alpha value is -4.61. The number of nitrogens with one attached hydrogen (secondary N) is 1. The molecular formula is C30H22F2N2O5S2. The Morgan fingerprint density at radius 3 is 2.27 bits per heavy atom. The maximum absolute atomic E-state index is 14.9. The Labute approximate surface area is 241 Å². The minimum Gasteiger partial charge on any atom is -0.477 e. The van der Waals surface area contributed by atoms with Crippen molar-refractivity contribution in [3.05, 3.63) is 106 Å². The molecule has 7 nitrogen and oxygen atoms in total. The summed E-state index contributed by atoms with van der Waals surface area (Å²) in [6.45, 7) is 3.56. The number of carboxylic acid groups (broad SMARTS) is 1. The summed E-state index contributed by atoms with van der Waals surface area (Å²) in [6.07, 6.45) is -1.07. The van der Waals surface area contributed by atoms with E-state index in [4.69, 9.17) is 9.47 Å². The molecule has 0 aliphatic carbocycles. The molecule has 2 heterocycles. The molecule has 5 aromatic rings. The fourth-order valence-corrected chi connectivity index (χ4v) is 5.59. The number of carbonyl (C=O) groups is 2. The molecule has 0 fully saturated rings. The summed E-state index contributed by atoms with van der Waals surface area (Å²) < 4.78 is 44.9. The molecule has 0 aliphatic heterocycles. The molecule has 3 aromatic carbocycles. The van der Waals surface area contributed by atoms with E-state index in [1.165, 1.54) is 23.0 Å². The second kappa shape index (κ2) is 11.9. The van der Waals surface area contributed by atoms with Crippen molar-refractivity contribution in [3.63, 3.8) is 0 Å². The van der Waals surface area contributed by atoms with Gasteiger partial charge in [-0.25, -0.2) is 18.4 Å².